The van der Waals surface area contributed by atoms with Crippen molar-refractivity contribution in [2.24, 2.45) is 0 Å². The average Bonchev–Trinajstić information content (AvgIpc) is 3.31. The minimum Gasteiger partial charge on any atom is -0.496 e. The molecular formula is C30H33F2N7O. The molecule has 3 heterocycles. The zero-order valence-electron chi connectivity index (χ0n) is 22.9. The number of hydrogen-bond acceptors (Lipinski definition) is 7. The second kappa shape index (κ2) is 12.3. The summed E-state index contributed by atoms with van der Waals surface area (Å²) < 4.78 is 34.4. The highest BCUT2D eigenvalue weighted by atomic mass is 19.1. The highest BCUT2D eigenvalue weighted by Crippen LogP contribution is 2.21. The summed E-state index contributed by atoms with van der Waals surface area (Å²) in [5, 5.41) is 7.88. The van der Waals surface area contributed by atoms with E-state index in [4.69, 9.17) is 9.72 Å². The van der Waals surface area contributed by atoms with Crippen molar-refractivity contribution in [3.8, 4) is 11.6 Å². The molecule has 8 nitrogen and oxygen atoms in total. The highest BCUT2D eigenvalue weighted by molar-refractivity contribution is 5.53. The highest BCUT2D eigenvalue weighted by Gasteiger charge is 2.18. The van der Waals surface area contributed by atoms with Crippen LogP contribution in [0.4, 0.5) is 20.4 Å². The van der Waals surface area contributed by atoms with Crippen molar-refractivity contribution in [1.82, 2.24) is 24.6 Å². The number of nitrogens with zero attached hydrogens (tertiary/aromatic N) is 6. The van der Waals surface area contributed by atoms with Gasteiger partial charge >= 0.3 is 0 Å². The molecule has 0 saturated carbocycles. The Morgan fingerprint density at radius 1 is 0.975 bits per heavy atom. The van der Waals surface area contributed by atoms with Crippen molar-refractivity contribution >= 4 is 17.7 Å². The fourth-order valence-corrected chi connectivity index (χ4v) is 4.82. The zero-order chi connectivity index (χ0) is 28.1. The molecule has 208 valence electrons. The lowest BCUT2D eigenvalue weighted by molar-refractivity contribution is 0.284. The zero-order valence-corrected chi connectivity index (χ0v) is 22.9. The van der Waals surface area contributed by atoms with E-state index in [1.807, 2.05) is 60.0 Å². The second-order valence-electron chi connectivity index (χ2n) is 9.77. The Kier molecular flexibility index (Phi) is 8.35. The molecule has 4 aromatic rings. The first kappa shape index (κ1) is 27.3. The maximum absolute atomic E-state index is 13.6. The number of hydrogen-bond donors (Lipinski definition) is 1. The van der Waals surface area contributed by atoms with Crippen LogP contribution in [0, 0.1) is 25.5 Å². The van der Waals surface area contributed by atoms with E-state index in [0.29, 0.717) is 37.1 Å². The summed E-state index contributed by atoms with van der Waals surface area (Å²) in [5.74, 6) is 0.929. The lowest BCUT2D eigenvalue weighted by Gasteiger charge is -2.35. The van der Waals surface area contributed by atoms with E-state index in [1.54, 1.807) is 7.11 Å². The first-order chi connectivity index (χ1) is 19.4. The summed E-state index contributed by atoms with van der Waals surface area (Å²) in [5.41, 5.74) is 4.42. The Morgan fingerprint density at radius 2 is 1.73 bits per heavy atom. The number of methoxy groups -OCH3 is 1. The summed E-state index contributed by atoms with van der Waals surface area (Å²) in [7, 11) is 1.66. The van der Waals surface area contributed by atoms with Crippen LogP contribution in [0.5, 0.6) is 5.75 Å². The normalized spacial score (nSPS) is 14.2. The SMILES string of the molecule is COc1ccccc1CNc1nc(C)cc(-n2ncc(C=CCN3CCN(c4cc(F)cc(F)c4)CC3)c2C)n1. The van der Waals surface area contributed by atoms with Crippen molar-refractivity contribution in [2.75, 3.05) is 50.1 Å². The van der Waals surface area contributed by atoms with Crippen LogP contribution in [0.1, 0.15) is 22.5 Å². The van der Waals surface area contributed by atoms with Crippen LogP contribution in [-0.2, 0) is 6.54 Å². The third-order valence-electron chi connectivity index (χ3n) is 6.98. The van der Waals surface area contributed by atoms with Gasteiger partial charge in [-0.2, -0.15) is 10.1 Å². The molecular weight excluding hydrogens is 512 g/mol. The molecule has 1 N–H and O–H groups in total. The lowest BCUT2D eigenvalue weighted by Crippen LogP contribution is -2.46. The van der Waals surface area contributed by atoms with Crippen molar-refractivity contribution < 1.29 is 13.5 Å². The number of rotatable bonds is 9. The molecule has 5 rings (SSSR count). The molecule has 0 spiro atoms. The molecule has 0 amide bonds. The number of halogens is 2. The van der Waals surface area contributed by atoms with Gasteiger partial charge in [-0.1, -0.05) is 30.4 Å². The van der Waals surface area contributed by atoms with E-state index in [0.717, 1.165) is 54.0 Å². The van der Waals surface area contributed by atoms with E-state index in [-0.39, 0.29) is 0 Å². The van der Waals surface area contributed by atoms with Gasteiger partial charge in [0.25, 0.3) is 0 Å². The third kappa shape index (κ3) is 6.45. The quantitative estimate of drug-likeness (QED) is 0.317. The second-order valence-corrected chi connectivity index (χ2v) is 9.77. The molecule has 2 aromatic heterocycles. The van der Waals surface area contributed by atoms with Gasteiger partial charge < -0.3 is 15.0 Å². The van der Waals surface area contributed by atoms with Crippen LogP contribution >= 0.6 is 0 Å². The number of nitrogens with one attached hydrogen (secondary N) is 1. The minimum absolute atomic E-state index is 0.521. The Labute approximate surface area is 232 Å². The van der Waals surface area contributed by atoms with Crippen LogP contribution in [0.2, 0.25) is 0 Å². The third-order valence-corrected chi connectivity index (χ3v) is 6.98. The van der Waals surface area contributed by atoms with Crippen molar-refractivity contribution in [3.05, 3.63) is 95.0 Å². The van der Waals surface area contributed by atoms with Crippen LogP contribution in [0.15, 0.2) is 60.8 Å². The summed E-state index contributed by atoms with van der Waals surface area (Å²) in [6.07, 6.45) is 6.03. The van der Waals surface area contributed by atoms with Crippen LogP contribution in [0.25, 0.3) is 11.9 Å². The number of piperazine rings is 1. The summed E-state index contributed by atoms with van der Waals surface area (Å²) in [6.45, 7) is 8.32. The minimum atomic E-state index is -0.547. The van der Waals surface area contributed by atoms with Gasteiger partial charge in [-0.3, -0.25) is 4.90 Å². The van der Waals surface area contributed by atoms with Gasteiger partial charge in [0.05, 0.1) is 19.0 Å². The molecule has 0 unspecified atom stereocenters. The first-order valence-electron chi connectivity index (χ1n) is 13.3. The monoisotopic (exact) mass is 545 g/mol. The van der Waals surface area contributed by atoms with Crippen molar-refractivity contribution in [3.63, 3.8) is 0 Å². The molecule has 1 aliphatic rings. The van der Waals surface area contributed by atoms with Gasteiger partial charge in [-0.25, -0.2) is 18.4 Å². The fraction of sp³-hybridized carbons (Fsp3) is 0.300. The van der Waals surface area contributed by atoms with Gasteiger partial charge in [0.15, 0.2) is 5.82 Å². The molecule has 1 aliphatic heterocycles. The van der Waals surface area contributed by atoms with Crippen molar-refractivity contribution in [2.45, 2.75) is 20.4 Å². The Morgan fingerprint density at radius 3 is 2.48 bits per heavy atom. The molecule has 10 heteroatoms. The van der Waals surface area contributed by atoms with Crippen LogP contribution < -0.4 is 15.0 Å². The van der Waals surface area contributed by atoms with E-state index < -0.39 is 11.6 Å². The lowest BCUT2D eigenvalue weighted by atomic mass is 10.2. The number of anilines is 2. The van der Waals surface area contributed by atoms with E-state index >= 15 is 0 Å². The standard InChI is InChI=1S/C30H33F2N7O/c1-21-15-29(36-30(35-21)33-19-24-7-4-5-9-28(24)40-3)39-22(2)23(20-34-39)8-6-10-37-11-13-38(14-12-37)27-17-25(31)16-26(32)18-27/h4-9,15-18,20H,10-14,19H2,1-3H3,(H,33,35,36). The molecule has 0 atom stereocenters. The maximum atomic E-state index is 13.6. The molecule has 1 fully saturated rings. The molecule has 0 bridgehead atoms. The largest absolute Gasteiger partial charge is 0.496 e. The summed E-state index contributed by atoms with van der Waals surface area (Å²) in [6, 6.07) is 13.4. The van der Waals surface area contributed by atoms with Crippen LogP contribution in [0.3, 0.4) is 0 Å². The van der Waals surface area contributed by atoms with Gasteiger partial charge in [-0.05, 0) is 32.0 Å². The molecule has 0 radical (unpaired) electrons. The first-order valence-corrected chi connectivity index (χ1v) is 13.3. The van der Waals surface area contributed by atoms with Crippen molar-refractivity contribution in [1.29, 1.82) is 0 Å². The molecule has 1 saturated heterocycles. The van der Waals surface area contributed by atoms with E-state index in [2.05, 4.69) is 32.5 Å². The molecule has 0 aliphatic carbocycles. The maximum Gasteiger partial charge on any atom is 0.225 e. The Bertz CT molecular complexity index is 1480. The smallest absolute Gasteiger partial charge is 0.225 e. The predicted molar refractivity (Wildman–Crippen MR) is 153 cm³/mol. The van der Waals surface area contributed by atoms with Gasteiger partial charge in [0.1, 0.15) is 17.4 Å². The fourth-order valence-electron chi connectivity index (χ4n) is 4.82. The Hall–Kier alpha value is -4.31. The molecule has 40 heavy (non-hydrogen) atoms. The average molecular weight is 546 g/mol. The van der Waals surface area contributed by atoms with E-state index in [9.17, 15) is 8.78 Å². The topological polar surface area (TPSA) is 71.3 Å². The number of benzene rings is 2. The number of ether oxygens (including phenoxy) is 1. The van der Waals surface area contributed by atoms with Crippen LogP contribution in [-0.4, -0.2) is 64.5 Å². The number of para-hydroxylation sites is 1. The van der Waals surface area contributed by atoms with E-state index in [1.165, 1.54) is 12.1 Å². The molecule has 2 aromatic carbocycles. The van der Waals surface area contributed by atoms with Gasteiger partial charge in [0.2, 0.25) is 5.95 Å². The number of aryl methyl sites for hydroxylation is 1. The van der Waals surface area contributed by atoms with Gasteiger partial charge in [-0.15, -0.1) is 0 Å². The number of aromatic nitrogens is 4. The predicted octanol–water partition coefficient (Wildman–Crippen LogP) is 5.01. The summed E-state index contributed by atoms with van der Waals surface area (Å²) in [4.78, 5) is 13.6. The Balaban J connectivity index is 1.19. The van der Waals surface area contributed by atoms with Gasteiger partial charge in [0, 0.05) is 73.9 Å². The summed E-state index contributed by atoms with van der Waals surface area (Å²) >= 11 is 0.